The minimum absolute atomic E-state index is 0.448. The maximum absolute atomic E-state index is 4.30. The number of nitrogens with one attached hydrogen (secondary N) is 1. The van der Waals surface area contributed by atoms with Crippen molar-refractivity contribution in [1.82, 2.24) is 4.98 Å². The average Bonchev–Trinajstić information content (AvgIpc) is 2.06. The Morgan fingerprint density at radius 3 is 2.31 bits per heavy atom. The molecule has 13 heavy (non-hydrogen) atoms. The number of nitrogens with zero attached hydrogens (tertiary/aromatic N) is 1. The summed E-state index contributed by atoms with van der Waals surface area (Å²) in [6.45, 7) is 10.2. The van der Waals surface area contributed by atoms with Gasteiger partial charge in [0.15, 0.2) is 0 Å². The molecule has 0 aliphatic heterocycles. The van der Waals surface area contributed by atoms with Gasteiger partial charge in [-0.3, -0.25) is 0 Å². The smallest absolute Gasteiger partial charge is 0.126 e. The first-order chi connectivity index (χ1) is 6.18. The van der Waals surface area contributed by atoms with E-state index in [1.54, 1.807) is 0 Å². The fourth-order valence-electron chi connectivity index (χ4n) is 0.919. The molecule has 0 unspecified atom stereocenters. The van der Waals surface area contributed by atoms with Crippen LogP contribution in [0.2, 0.25) is 0 Å². The molecule has 1 N–H and O–H groups in total. The van der Waals surface area contributed by atoms with Gasteiger partial charge in [-0.05, 0) is 32.9 Å². The molecule has 1 rings (SSSR count). The van der Waals surface area contributed by atoms with Gasteiger partial charge in [0.1, 0.15) is 5.82 Å². The van der Waals surface area contributed by atoms with Gasteiger partial charge in [0, 0.05) is 11.7 Å². The van der Waals surface area contributed by atoms with Crippen molar-refractivity contribution < 1.29 is 0 Å². The average molecular weight is 180 g/mol. The second-order valence-corrected chi connectivity index (χ2v) is 2.96. The minimum Gasteiger partial charge on any atom is -0.368 e. The third kappa shape index (κ3) is 5.23. The monoisotopic (exact) mass is 180 g/mol. The molecule has 0 bridgehead atoms. The lowest BCUT2D eigenvalue weighted by atomic mass is 10.3. The molecule has 1 heterocycles. The topological polar surface area (TPSA) is 24.9 Å². The quantitative estimate of drug-likeness (QED) is 0.755. The summed E-state index contributed by atoms with van der Waals surface area (Å²) in [7, 11) is 0. The van der Waals surface area contributed by atoms with Crippen LogP contribution in [0.3, 0.4) is 0 Å². The van der Waals surface area contributed by atoms with E-state index in [1.807, 2.05) is 39.0 Å². The van der Waals surface area contributed by atoms with E-state index in [4.69, 9.17) is 0 Å². The zero-order chi connectivity index (χ0) is 10.3. The van der Waals surface area contributed by atoms with Crippen LogP contribution in [-0.2, 0) is 0 Å². The number of rotatable bonds is 2. The summed E-state index contributed by atoms with van der Waals surface area (Å²) in [5, 5.41) is 3.23. The molecule has 0 aliphatic rings. The number of aryl methyl sites for hydroxylation is 1. The molecule has 2 nitrogen and oxygen atoms in total. The highest BCUT2D eigenvalue weighted by molar-refractivity contribution is 5.35. The minimum atomic E-state index is 0.448. The Bertz CT molecular complexity index is 231. The maximum Gasteiger partial charge on any atom is 0.126 e. The lowest BCUT2D eigenvalue weighted by Gasteiger charge is -2.08. The van der Waals surface area contributed by atoms with Crippen LogP contribution in [0.4, 0.5) is 5.82 Å². The Kier molecular flexibility index (Phi) is 5.94. The normalized spacial score (nSPS) is 9.08. The predicted molar refractivity (Wildman–Crippen MR) is 59.1 cm³/mol. The molecule has 1 aromatic heterocycles. The second-order valence-electron chi connectivity index (χ2n) is 2.96. The number of hydrogen-bond donors (Lipinski definition) is 1. The van der Waals surface area contributed by atoms with E-state index in [-0.39, 0.29) is 0 Å². The van der Waals surface area contributed by atoms with Gasteiger partial charge in [0.25, 0.3) is 0 Å². The lowest BCUT2D eigenvalue weighted by molar-refractivity contribution is 0.887. The highest BCUT2D eigenvalue weighted by Crippen LogP contribution is 2.04. The van der Waals surface area contributed by atoms with Crippen LogP contribution in [0.1, 0.15) is 33.4 Å². The molecule has 74 valence electrons. The van der Waals surface area contributed by atoms with Crippen LogP contribution in [-0.4, -0.2) is 11.0 Å². The molecule has 0 amide bonds. The van der Waals surface area contributed by atoms with Crippen molar-refractivity contribution in [3.63, 3.8) is 0 Å². The van der Waals surface area contributed by atoms with Crippen molar-refractivity contribution in [3.05, 3.63) is 23.9 Å². The summed E-state index contributed by atoms with van der Waals surface area (Å²) in [5.74, 6) is 0.958. The van der Waals surface area contributed by atoms with Crippen molar-refractivity contribution in [2.75, 3.05) is 5.32 Å². The number of hydrogen-bond acceptors (Lipinski definition) is 2. The molecule has 0 spiro atoms. The Morgan fingerprint density at radius 1 is 1.23 bits per heavy atom. The van der Waals surface area contributed by atoms with E-state index in [1.165, 1.54) is 0 Å². The summed E-state index contributed by atoms with van der Waals surface area (Å²) in [4.78, 5) is 4.30. The van der Waals surface area contributed by atoms with Crippen LogP contribution < -0.4 is 5.32 Å². The number of aromatic nitrogens is 1. The van der Waals surface area contributed by atoms with E-state index in [0.717, 1.165) is 11.5 Å². The summed E-state index contributed by atoms with van der Waals surface area (Å²) >= 11 is 0. The molecule has 0 saturated carbocycles. The first kappa shape index (κ1) is 11.9. The van der Waals surface area contributed by atoms with Crippen LogP contribution in [0, 0.1) is 6.92 Å². The lowest BCUT2D eigenvalue weighted by Crippen LogP contribution is -2.10. The van der Waals surface area contributed by atoms with Gasteiger partial charge in [-0.25, -0.2) is 4.98 Å². The first-order valence-electron chi connectivity index (χ1n) is 4.88. The van der Waals surface area contributed by atoms with E-state index in [2.05, 4.69) is 24.1 Å². The van der Waals surface area contributed by atoms with Crippen molar-refractivity contribution >= 4 is 5.82 Å². The zero-order valence-corrected chi connectivity index (χ0v) is 9.26. The van der Waals surface area contributed by atoms with Crippen LogP contribution in [0.15, 0.2) is 18.2 Å². The molecular formula is C11H20N2. The summed E-state index contributed by atoms with van der Waals surface area (Å²) in [6, 6.07) is 6.43. The van der Waals surface area contributed by atoms with Gasteiger partial charge >= 0.3 is 0 Å². The predicted octanol–water partition coefficient (Wildman–Crippen LogP) is 3.24. The van der Waals surface area contributed by atoms with Crippen molar-refractivity contribution in [2.45, 2.75) is 40.7 Å². The van der Waals surface area contributed by atoms with Crippen molar-refractivity contribution in [1.29, 1.82) is 0 Å². The van der Waals surface area contributed by atoms with E-state index < -0.39 is 0 Å². The largest absolute Gasteiger partial charge is 0.368 e. The van der Waals surface area contributed by atoms with Crippen LogP contribution >= 0.6 is 0 Å². The van der Waals surface area contributed by atoms with Gasteiger partial charge in [-0.15, -0.1) is 0 Å². The summed E-state index contributed by atoms with van der Waals surface area (Å²) in [6.07, 6.45) is 0. The Morgan fingerprint density at radius 2 is 1.85 bits per heavy atom. The highest BCUT2D eigenvalue weighted by Gasteiger charge is 1.94. The van der Waals surface area contributed by atoms with Gasteiger partial charge in [0.05, 0.1) is 0 Å². The Hall–Kier alpha value is -1.05. The Balaban J connectivity index is 0.000000671. The molecule has 0 saturated heterocycles. The molecule has 0 aliphatic carbocycles. The van der Waals surface area contributed by atoms with Crippen LogP contribution in [0.25, 0.3) is 0 Å². The van der Waals surface area contributed by atoms with Crippen molar-refractivity contribution in [2.24, 2.45) is 0 Å². The fraction of sp³-hybridized carbons (Fsp3) is 0.545. The molecule has 2 heteroatoms. The van der Waals surface area contributed by atoms with Crippen LogP contribution in [0.5, 0.6) is 0 Å². The van der Waals surface area contributed by atoms with Gasteiger partial charge in [-0.2, -0.15) is 0 Å². The Labute approximate surface area is 81.4 Å². The molecular weight excluding hydrogens is 160 g/mol. The van der Waals surface area contributed by atoms with Gasteiger partial charge in [-0.1, -0.05) is 19.9 Å². The van der Waals surface area contributed by atoms with E-state index >= 15 is 0 Å². The first-order valence-corrected chi connectivity index (χ1v) is 4.88. The molecule has 0 radical (unpaired) electrons. The standard InChI is InChI=1S/C9H14N2.C2H6/c1-7(2)10-9-6-4-5-8(3)11-9;1-2/h4-7H,1-3H3,(H,10,11);1-2H3. The highest BCUT2D eigenvalue weighted by atomic mass is 15.0. The third-order valence-electron chi connectivity index (χ3n) is 1.32. The van der Waals surface area contributed by atoms with Gasteiger partial charge in [0.2, 0.25) is 0 Å². The SMILES string of the molecule is CC.Cc1cccc(NC(C)C)n1. The maximum atomic E-state index is 4.30. The van der Waals surface area contributed by atoms with E-state index in [0.29, 0.717) is 6.04 Å². The summed E-state index contributed by atoms with van der Waals surface area (Å²) in [5.41, 5.74) is 1.05. The van der Waals surface area contributed by atoms with E-state index in [9.17, 15) is 0 Å². The summed E-state index contributed by atoms with van der Waals surface area (Å²) < 4.78 is 0. The molecule has 0 fully saturated rings. The number of anilines is 1. The molecule has 0 atom stereocenters. The molecule has 1 aromatic rings. The second kappa shape index (κ2) is 6.46. The van der Waals surface area contributed by atoms with Crippen molar-refractivity contribution in [3.8, 4) is 0 Å². The third-order valence-corrected chi connectivity index (χ3v) is 1.32. The van der Waals surface area contributed by atoms with Gasteiger partial charge < -0.3 is 5.32 Å². The zero-order valence-electron chi connectivity index (χ0n) is 9.26. The fourth-order valence-corrected chi connectivity index (χ4v) is 0.919. The number of pyridine rings is 1. The molecule has 0 aromatic carbocycles.